The highest BCUT2D eigenvalue weighted by molar-refractivity contribution is 4.93. The monoisotopic (exact) mass is 158 g/mol. The van der Waals surface area contributed by atoms with Gasteiger partial charge in [0.2, 0.25) is 0 Å². The van der Waals surface area contributed by atoms with Crippen LogP contribution in [0.4, 0.5) is 0 Å². The summed E-state index contributed by atoms with van der Waals surface area (Å²) < 4.78 is 5.10. The van der Waals surface area contributed by atoms with Crippen LogP contribution in [-0.2, 0) is 4.74 Å². The van der Waals surface area contributed by atoms with Gasteiger partial charge in [0, 0.05) is 5.57 Å². The first-order valence-electron chi connectivity index (χ1n) is 3.82. The lowest BCUT2D eigenvalue weighted by molar-refractivity contribution is 0.0453. The Hall–Kier alpha value is -0.660. The summed E-state index contributed by atoms with van der Waals surface area (Å²) in [6.07, 6.45) is 0. The number of allylic oxidation sites excluding steroid dienone is 1. The molecular weight excluding hydrogens is 140 g/mol. The Labute approximate surface area is 68.9 Å². The van der Waals surface area contributed by atoms with Crippen LogP contribution >= 0.6 is 0 Å². The fraction of sp³-hybridized carbons (Fsp3) is 0.778. The summed E-state index contributed by atoms with van der Waals surface area (Å²) in [6.45, 7) is 10.4. The van der Waals surface area contributed by atoms with Crippen molar-refractivity contribution < 1.29 is 9.84 Å². The van der Waals surface area contributed by atoms with Crippen LogP contribution in [0.2, 0.25) is 0 Å². The molecule has 11 heavy (non-hydrogen) atoms. The zero-order valence-corrected chi connectivity index (χ0v) is 8.06. The van der Waals surface area contributed by atoms with E-state index in [9.17, 15) is 0 Å². The Kier molecular flexibility index (Phi) is 3.43. The Morgan fingerprint density at radius 3 is 2.00 bits per heavy atom. The maximum Gasteiger partial charge on any atom is 0.275 e. The molecule has 0 aromatic heterocycles. The molecule has 2 heteroatoms. The van der Waals surface area contributed by atoms with Gasteiger partial charge < -0.3 is 9.84 Å². The van der Waals surface area contributed by atoms with Gasteiger partial charge in [-0.2, -0.15) is 0 Å². The minimum Gasteiger partial charge on any atom is -0.481 e. The van der Waals surface area contributed by atoms with E-state index >= 15 is 0 Å². The van der Waals surface area contributed by atoms with Gasteiger partial charge in [-0.15, -0.1) is 0 Å². The Morgan fingerprint density at radius 1 is 1.27 bits per heavy atom. The molecule has 0 unspecified atom stereocenters. The molecule has 0 radical (unpaired) electrons. The summed E-state index contributed by atoms with van der Waals surface area (Å²) >= 11 is 0. The number of hydrogen-bond donors (Lipinski definition) is 1. The van der Waals surface area contributed by atoms with Gasteiger partial charge in [0.15, 0.2) is 0 Å². The largest absolute Gasteiger partial charge is 0.481 e. The van der Waals surface area contributed by atoms with Gasteiger partial charge in [-0.05, 0) is 19.3 Å². The maximum absolute atomic E-state index is 9.15. The van der Waals surface area contributed by atoms with Crippen molar-refractivity contribution in [2.45, 2.75) is 34.6 Å². The predicted octanol–water partition coefficient (Wildman–Crippen LogP) is 2.86. The third-order valence-electron chi connectivity index (χ3n) is 1.07. The van der Waals surface area contributed by atoms with E-state index in [0.717, 1.165) is 5.57 Å². The molecule has 0 aliphatic heterocycles. The molecule has 2 nitrogen and oxygen atoms in total. The second-order valence-electron chi connectivity index (χ2n) is 4.15. The van der Waals surface area contributed by atoms with E-state index in [-0.39, 0.29) is 11.4 Å². The van der Waals surface area contributed by atoms with Crippen LogP contribution < -0.4 is 0 Å². The van der Waals surface area contributed by atoms with Crippen LogP contribution in [0, 0.1) is 5.41 Å². The molecule has 66 valence electrons. The lowest BCUT2D eigenvalue weighted by Gasteiger charge is -2.18. The van der Waals surface area contributed by atoms with Crippen LogP contribution in [0.3, 0.4) is 0 Å². The van der Waals surface area contributed by atoms with E-state index in [1.165, 1.54) is 0 Å². The smallest absolute Gasteiger partial charge is 0.275 e. The molecule has 0 aromatic carbocycles. The molecule has 0 saturated carbocycles. The van der Waals surface area contributed by atoms with Gasteiger partial charge in [0.05, 0.1) is 6.61 Å². The molecule has 1 N–H and O–H groups in total. The number of aliphatic hydroxyl groups excluding tert-OH is 1. The number of ether oxygens (including phenoxy) is 1. The highest BCUT2D eigenvalue weighted by atomic mass is 16.6. The minimum atomic E-state index is 0.0555. The molecule has 0 spiro atoms. The normalized spacial score (nSPS) is 11.0. The fourth-order valence-electron chi connectivity index (χ4n) is 0.429. The second-order valence-corrected chi connectivity index (χ2v) is 4.15. The summed E-state index contributed by atoms with van der Waals surface area (Å²) in [5.74, 6) is 0.0555. The highest BCUT2D eigenvalue weighted by Gasteiger charge is 2.11. The van der Waals surface area contributed by atoms with Crippen LogP contribution in [0.5, 0.6) is 0 Å². The summed E-state index contributed by atoms with van der Waals surface area (Å²) in [4.78, 5) is 0. The predicted molar refractivity (Wildman–Crippen MR) is 46.4 cm³/mol. The molecule has 0 bridgehead atoms. The zero-order chi connectivity index (χ0) is 9.07. The van der Waals surface area contributed by atoms with Crippen LogP contribution in [0.25, 0.3) is 0 Å². The summed E-state index contributed by atoms with van der Waals surface area (Å²) in [7, 11) is 0. The van der Waals surface area contributed by atoms with Crippen molar-refractivity contribution in [3.63, 3.8) is 0 Å². The van der Waals surface area contributed by atoms with Crippen molar-refractivity contribution in [1.29, 1.82) is 0 Å². The minimum absolute atomic E-state index is 0.0555. The Bertz CT molecular complexity index is 147. The number of aliphatic hydroxyl groups is 1. The van der Waals surface area contributed by atoms with Crippen LogP contribution in [-0.4, -0.2) is 11.7 Å². The molecule has 0 aromatic rings. The lowest BCUT2D eigenvalue weighted by atomic mass is 9.99. The SMILES string of the molecule is CC(C)=C(O)OCC(C)(C)C. The summed E-state index contributed by atoms with van der Waals surface area (Å²) in [5.41, 5.74) is 0.915. The molecule has 0 amide bonds. The Morgan fingerprint density at radius 2 is 1.73 bits per heavy atom. The van der Waals surface area contributed by atoms with Crippen molar-refractivity contribution in [2.75, 3.05) is 6.61 Å². The van der Waals surface area contributed by atoms with Crippen LogP contribution in [0.15, 0.2) is 11.5 Å². The van der Waals surface area contributed by atoms with Gasteiger partial charge >= 0.3 is 0 Å². The lowest BCUT2D eigenvalue weighted by Crippen LogP contribution is -2.14. The quantitative estimate of drug-likeness (QED) is 0.626. The zero-order valence-electron chi connectivity index (χ0n) is 8.06. The van der Waals surface area contributed by atoms with Crippen molar-refractivity contribution in [1.82, 2.24) is 0 Å². The molecular formula is C9H18O2. The summed E-state index contributed by atoms with van der Waals surface area (Å²) in [5, 5.41) is 9.15. The molecule has 0 heterocycles. The summed E-state index contributed by atoms with van der Waals surface area (Å²) in [6, 6.07) is 0. The van der Waals surface area contributed by atoms with E-state index in [1.54, 1.807) is 0 Å². The fourth-order valence-corrected chi connectivity index (χ4v) is 0.429. The maximum atomic E-state index is 9.15. The first-order valence-corrected chi connectivity index (χ1v) is 3.82. The standard InChI is InChI=1S/C9H18O2/c1-7(2)8(10)11-6-9(3,4)5/h10H,6H2,1-5H3. The van der Waals surface area contributed by atoms with Crippen LogP contribution in [0.1, 0.15) is 34.6 Å². The number of rotatable bonds is 2. The average Bonchev–Trinajstić information content (AvgIpc) is 1.80. The van der Waals surface area contributed by atoms with Gasteiger partial charge in [-0.1, -0.05) is 20.8 Å². The van der Waals surface area contributed by atoms with E-state index in [4.69, 9.17) is 9.84 Å². The first kappa shape index (κ1) is 10.3. The van der Waals surface area contributed by atoms with Gasteiger partial charge in [0.25, 0.3) is 5.95 Å². The van der Waals surface area contributed by atoms with E-state index in [2.05, 4.69) is 20.8 Å². The third-order valence-corrected chi connectivity index (χ3v) is 1.07. The molecule has 0 aliphatic carbocycles. The highest BCUT2D eigenvalue weighted by Crippen LogP contribution is 2.15. The van der Waals surface area contributed by atoms with Crippen molar-refractivity contribution in [3.05, 3.63) is 11.5 Å². The van der Waals surface area contributed by atoms with E-state index in [0.29, 0.717) is 6.61 Å². The average molecular weight is 158 g/mol. The van der Waals surface area contributed by atoms with E-state index < -0.39 is 0 Å². The molecule has 0 rings (SSSR count). The molecule has 0 fully saturated rings. The van der Waals surface area contributed by atoms with Crippen molar-refractivity contribution >= 4 is 0 Å². The van der Waals surface area contributed by atoms with Gasteiger partial charge in [-0.3, -0.25) is 0 Å². The van der Waals surface area contributed by atoms with Gasteiger partial charge in [-0.25, -0.2) is 0 Å². The van der Waals surface area contributed by atoms with Crippen molar-refractivity contribution in [2.24, 2.45) is 5.41 Å². The van der Waals surface area contributed by atoms with Gasteiger partial charge in [0.1, 0.15) is 0 Å². The third kappa shape index (κ3) is 5.77. The topological polar surface area (TPSA) is 29.5 Å². The number of hydrogen-bond acceptors (Lipinski definition) is 2. The molecule has 0 aliphatic rings. The first-order chi connectivity index (χ1) is 4.83. The van der Waals surface area contributed by atoms with Crippen molar-refractivity contribution in [3.8, 4) is 0 Å². The second kappa shape index (κ2) is 3.65. The molecule has 0 atom stereocenters. The van der Waals surface area contributed by atoms with E-state index in [1.807, 2.05) is 13.8 Å². The molecule has 0 saturated heterocycles. The Balaban J connectivity index is 3.82.